The highest BCUT2D eigenvalue weighted by atomic mass is 16.6. The molecule has 2 aromatic rings. The minimum atomic E-state index is 0.623. The van der Waals surface area contributed by atoms with Crippen molar-refractivity contribution in [1.82, 2.24) is 9.78 Å². The van der Waals surface area contributed by atoms with E-state index < -0.39 is 0 Å². The van der Waals surface area contributed by atoms with E-state index in [-0.39, 0.29) is 0 Å². The van der Waals surface area contributed by atoms with Crippen LogP contribution in [0.4, 0.5) is 0 Å². The van der Waals surface area contributed by atoms with Gasteiger partial charge in [-0.3, -0.25) is 0 Å². The summed E-state index contributed by atoms with van der Waals surface area (Å²) in [7, 11) is 3.37. The lowest BCUT2D eigenvalue weighted by Crippen LogP contribution is -2.02. The highest BCUT2D eigenvalue weighted by molar-refractivity contribution is 5.76. The van der Waals surface area contributed by atoms with Gasteiger partial charge in [-0.1, -0.05) is 30.1 Å². The Hall–Kier alpha value is -2.76. The molecule has 6 nitrogen and oxygen atoms in total. The standard InChI is InChI=1S/C24H35N3O3/c1-6-7-13-29-22-15-19(2)23(20(3)16-22)12-10-8-9-11-14-30-24-17-21(18-25-28-5)26-27(24)4/h6-7,15-18H,8-14H2,1-5H3/b7-6+,25-18?. The third kappa shape index (κ3) is 7.58. The highest BCUT2D eigenvalue weighted by Crippen LogP contribution is 2.24. The average molecular weight is 414 g/mol. The van der Waals surface area contributed by atoms with Crippen molar-refractivity contribution in [3.8, 4) is 11.6 Å². The first-order chi connectivity index (χ1) is 14.5. The monoisotopic (exact) mass is 413 g/mol. The fraction of sp³-hybridized carbons (Fsp3) is 0.500. The number of hydrogen-bond acceptors (Lipinski definition) is 5. The molecule has 0 aliphatic heterocycles. The number of allylic oxidation sites excluding steroid dienone is 1. The van der Waals surface area contributed by atoms with Crippen LogP contribution < -0.4 is 9.47 Å². The Labute approximate surface area is 180 Å². The van der Waals surface area contributed by atoms with Crippen LogP contribution in [0.1, 0.15) is 55.0 Å². The number of aromatic nitrogens is 2. The first-order valence-electron chi connectivity index (χ1n) is 10.6. The average Bonchev–Trinajstić information content (AvgIpc) is 3.07. The fourth-order valence-corrected chi connectivity index (χ4v) is 3.38. The van der Waals surface area contributed by atoms with E-state index in [1.807, 2.05) is 32.2 Å². The molecule has 0 fully saturated rings. The lowest BCUT2D eigenvalue weighted by molar-refractivity contribution is 0.215. The van der Waals surface area contributed by atoms with E-state index in [0.29, 0.717) is 13.2 Å². The normalized spacial score (nSPS) is 11.5. The van der Waals surface area contributed by atoms with Crippen molar-refractivity contribution in [2.75, 3.05) is 20.3 Å². The number of ether oxygens (including phenoxy) is 2. The minimum absolute atomic E-state index is 0.623. The van der Waals surface area contributed by atoms with Gasteiger partial charge in [0.1, 0.15) is 25.2 Å². The Morgan fingerprint density at radius 2 is 1.77 bits per heavy atom. The predicted octanol–water partition coefficient (Wildman–Crippen LogP) is 5.15. The Bertz CT molecular complexity index is 817. The van der Waals surface area contributed by atoms with Gasteiger partial charge in [0.25, 0.3) is 0 Å². The second-order valence-corrected chi connectivity index (χ2v) is 7.38. The largest absolute Gasteiger partial charge is 0.490 e. The molecule has 164 valence electrons. The number of hydrogen-bond donors (Lipinski definition) is 0. The summed E-state index contributed by atoms with van der Waals surface area (Å²) < 4.78 is 13.3. The highest BCUT2D eigenvalue weighted by Gasteiger charge is 2.07. The van der Waals surface area contributed by atoms with Gasteiger partial charge in [-0.25, -0.2) is 4.68 Å². The second kappa shape index (κ2) is 12.7. The zero-order valence-electron chi connectivity index (χ0n) is 19.0. The molecule has 0 aliphatic carbocycles. The lowest BCUT2D eigenvalue weighted by atomic mass is 9.97. The molecule has 0 unspecified atom stereocenters. The molecule has 0 bridgehead atoms. The number of benzene rings is 1. The second-order valence-electron chi connectivity index (χ2n) is 7.38. The van der Waals surface area contributed by atoms with Gasteiger partial charge in [0.05, 0.1) is 12.8 Å². The van der Waals surface area contributed by atoms with E-state index in [9.17, 15) is 0 Å². The number of aryl methyl sites for hydroxylation is 3. The van der Waals surface area contributed by atoms with Gasteiger partial charge in [0, 0.05) is 13.1 Å². The van der Waals surface area contributed by atoms with Crippen LogP contribution in [0.2, 0.25) is 0 Å². The Balaban J connectivity index is 1.68. The molecule has 0 spiro atoms. The van der Waals surface area contributed by atoms with Crippen LogP contribution in [0, 0.1) is 13.8 Å². The molecule has 0 atom stereocenters. The van der Waals surface area contributed by atoms with Crippen LogP contribution in [0.25, 0.3) is 0 Å². The molecular formula is C24H35N3O3. The fourth-order valence-electron chi connectivity index (χ4n) is 3.38. The van der Waals surface area contributed by atoms with E-state index >= 15 is 0 Å². The summed E-state index contributed by atoms with van der Waals surface area (Å²) in [6, 6.07) is 6.17. The molecule has 1 aromatic heterocycles. The van der Waals surface area contributed by atoms with Gasteiger partial charge >= 0.3 is 0 Å². The summed E-state index contributed by atoms with van der Waals surface area (Å²) in [5.74, 6) is 1.70. The molecule has 0 amide bonds. The van der Waals surface area contributed by atoms with Gasteiger partial charge in [-0.2, -0.15) is 5.10 Å². The van der Waals surface area contributed by atoms with Crippen molar-refractivity contribution in [1.29, 1.82) is 0 Å². The maximum Gasteiger partial charge on any atom is 0.212 e. The summed E-state index contributed by atoms with van der Waals surface area (Å²) in [5.41, 5.74) is 4.80. The van der Waals surface area contributed by atoms with Gasteiger partial charge in [-0.05, 0) is 68.9 Å². The van der Waals surface area contributed by atoms with E-state index in [2.05, 4.69) is 41.1 Å². The summed E-state index contributed by atoms with van der Waals surface area (Å²) in [4.78, 5) is 4.67. The van der Waals surface area contributed by atoms with E-state index in [1.165, 1.54) is 36.6 Å². The summed E-state index contributed by atoms with van der Waals surface area (Å²) >= 11 is 0. The van der Waals surface area contributed by atoms with E-state index in [4.69, 9.17) is 9.47 Å². The number of unbranched alkanes of at least 4 members (excludes halogenated alkanes) is 3. The zero-order valence-corrected chi connectivity index (χ0v) is 19.0. The lowest BCUT2D eigenvalue weighted by Gasteiger charge is -2.13. The van der Waals surface area contributed by atoms with Gasteiger partial charge in [-0.15, -0.1) is 0 Å². The smallest absolute Gasteiger partial charge is 0.212 e. The van der Waals surface area contributed by atoms with Crippen LogP contribution in [-0.4, -0.2) is 36.3 Å². The minimum Gasteiger partial charge on any atom is -0.490 e. The van der Waals surface area contributed by atoms with Crippen LogP contribution in [0.15, 0.2) is 35.5 Å². The number of oxime groups is 1. The molecule has 0 radical (unpaired) electrons. The molecule has 0 saturated carbocycles. The topological polar surface area (TPSA) is 57.9 Å². The molecule has 0 N–H and O–H groups in total. The molecular weight excluding hydrogens is 378 g/mol. The maximum absolute atomic E-state index is 5.83. The number of nitrogens with zero attached hydrogens (tertiary/aromatic N) is 3. The molecule has 0 aliphatic rings. The predicted molar refractivity (Wildman–Crippen MR) is 122 cm³/mol. The molecule has 6 heteroatoms. The zero-order chi connectivity index (χ0) is 21.8. The van der Waals surface area contributed by atoms with Crippen molar-refractivity contribution in [2.24, 2.45) is 12.2 Å². The van der Waals surface area contributed by atoms with Crippen LogP contribution in [0.5, 0.6) is 11.6 Å². The summed E-state index contributed by atoms with van der Waals surface area (Å²) in [6.07, 6.45) is 11.3. The molecule has 0 saturated heterocycles. The maximum atomic E-state index is 5.83. The molecule has 1 heterocycles. The SMILES string of the molecule is C/C=C/COc1cc(C)c(CCCCCCOc2cc(C=NOC)nn2C)c(C)c1. The Kier molecular flexibility index (Phi) is 9.98. The van der Waals surface area contributed by atoms with Crippen molar-refractivity contribution < 1.29 is 14.3 Å². The first-order valence-corrected chi connectivity index (χ1v) is 10.6. The molecule has 30 heavy (non-hydrogen) atoms. The summed E-state index contributed by atoms with van der Waals surface area (Å²) in [5, 5.41) is 8.02. The van der Waals surface area contributed by atoms with Crippen molar-refractivity contribution in [3.63, 3.8) is 0 Å². The van der Waals surface area contributed by atoms with Crippen molar-refractivity contribution in [2.45, 2.75) is 52.9 Å². The van der Waals surface area contributed by atoms with Gasteiger partial charge in [0.15, 0.2) is 0 Å². The third-order valence-electron chi connectivity index (χ3n) is 4.97. The van der Waals surface area contributed by atoms with Crippen molar-refractivity contribution >= 4 is 6.21 Å². The Morgan fingerprint density at radius 1 is 1.03 bits per heavy atom. The molecule has 2 rings (SSSR count). The third-order valence-corrected chi connectivity index (χ3v) is 4.97. The van der Waals surface area contributed by atoms with Crippen LogP contribution in [-0.2, 0) is 18.3 Å². The summed E-state index contributed by atoms with van der Waals surface area (Å²) in [6.45, 7) is 7.67. The quantitative estimate of drug-likeness (QED) is 0.197. The Morgan fingerprint density at radius 3 is 2.47 bits per heavy atom. The molecule has 1 aromatic carbocycles. The van der Waals surface area contributed by atoms with Gasteiger partial charge < -0.3 is 14.3 Å². The van der Waals surface area contributed by atoms with Gasteiger partial charge in [0.2, 0.25) is 5.88 Å². The van der Waals surface area contributed by atoms with Crippen LogP contribution in [0.3, 0.4) is 0 Å². The van der Waals surface area contributed by atoms with E-state index in [1.54, 1.807) is 10.9 Å². The van der Waals surface area contributed by atoms with Crippen LogP contribution >= 0.6 is 0 Å². The van der Waals surface area contributed by atoms with E-state index in [0.717, 1.165) is 36.6 Å². The first kappa shape index (κ1) is 23.5. The van der Waals surface area contributed by atoms with Crippen molar-refractivity contribution in [3.05, 3.63) is 52.7 Å². The number of rotatable bonds is 13.